The molecule has 0 amide bonds. The summed E-state index contributed by atoms with van der Waals surface area (Å²) in [5.41, 5.74) is 7.29. The number of nitrogens with two attached hydrogens (primary N) is 1. The summed E-state index contributed by atoms with van der Waals surface area (Å²) >= 11 is 0. The van der Waals surface area contributed by atoms with E-state index in [0.717, 1.165) is 11.8 Å². The normalized spacial score (nSPS) is 43.0. The molecule has 3 saturated heterocycles. The molecule has 3 heterocycles. The van der Waals surface area contributed by atoms with E-state index in [4.69, 9.17) is 5.73 Å². The third kappa shape index (κ3) is 3.28. The molecule has 4 rings (SSSR count). The first kappa shape index (κ1) is 18.2. The second kappa shape index (κ2) is 5.92. The Hall–Kier alpha value is -0.160. The van der Waals surface area contributed by atoms with Gasteiger partial charge in [0, 0.05) is 54.9 Å². The van der Waals surface area contributed by atoms with E-state index in [2.05, 4.69) is 49.7 Å². The molecule has 0 spiro atoms. The molecule has 1 aliphatic carbocycles. The highest BCUT2D eigenvalue weighted by atomic mass is 15.3. The second-order valence-electron chi connectivity index (χ2n) is 11.3. The van der Waals surface area contributed by atoms with Gasteiger partial charge in [0.2, 0.25) is 0 Å². The minimum absolute atomic E-state index is 0.254. The van der Waals surface area contributed by atoms with Crippen molar-refractivity contribution in [2.45, 2.75) is 95.4 Å². The number of rotatable bonds is 3. The van der Waals surface area contributed by atoms with Crippen LogP contribution >= 0.6 is 0 Å². The van der Waals surface area contributed by atoms with Gasteiger partial charge in [0.05, 0.1) is 0 Å². The van der Waals surface area contributed by atoms with Crippen LogP contribution in [-0.2, 0) is 0 Å². The Morgan fingerprint density at radius 3 is 2.20 bits per heavy atom. The molecule has 2 unspecified atom stereocenters. The Balaban J connectivity index is 1.48. The van der Waals surface area contributed by atoms with E-state index in [0.29, 0.717) is 17.6 Å². The van der Waals surface area contributed by atoms with Gasteiger partial charge in [0.25, 0.3) is 0 Å². The van der Waals surface area contributed by atoms with Gasteiger partial charge in [-0.1, -0.05) is 0 Å². The van der Waals surface area contributed by atoms with Crippen LogP contribution in [0.1, 0.15) is 66.7 Å². The van der Waals surface area contributed by atoms with Gasteiger partial charge in [-0.05, 0) is 78.6 Å². The van der Waals surface area contributed by atoms with Crippen LogP contribution in [0.15, 0.2) is 0 Å². The van der Waals surface area contributed by atoms with Crippen LogP contribution in [0, 0.1) is 11.8 Å². The van der Waals surface area contributed by atoms with Gasteiger partial charge in [0.1, 0.15) is 0 Å². The molecule has 4 bridgehead atoms. The summed E-state index contributed by atoms with van der Waals surface area (Å²) in [6, 6.07) is 1.15. The fourth-order valence-electron chi connectivity index (χ4n) is 6.39. The van der Waals surface area contributed by atoms with Crippen molar-refractivity contribution >= 4 is 0 Å². The van der Waals surface area contributed by atoms with E-state index >= 15 is 0 Å². The van der Waals surface area contributed by atoms with Crippen LogP contribution in [0.25, 0.3) is 0 Å². The Morgan fingerprint density at radius 2 is 1.60 bits per heavy atom. The fourth-order valence-corrected chi connectivity index (χ4v) is 6.39. The quantitative estimate of drug-likeness (QED) is 0.822. The lowest BCUT2D eigenvalue weighted by Gasteiger charge is -2.53. The lowest BCUT2D eigenvalue weighted by Crippen LogP contribution is -2.66. The van der Waals surface area contributed by atoms with E-state index in [-0.39, 0.29) is 11.1 Å². The largest absolute Gasteiger partial charge is 0.327 e. The Morgan fingerprint density at radius 1 is 0.960 bits per heavy atom. The van der Waals surface area contributed by atoms with E-state index in [1.54, 1.807) is 0 Å². The van der Waals surface area contributed by atoms with Crippen LogP contribution in [0.2, 0.25) is 0 Å². The second-order valence-corrected chi connectivity index (χ2v) is 11.3. The Bertz CT molecular complexity index is 497. The van der Waals surface area contributed by atoms with Gasteiger partial charge in [-0.2, -0.15) is 0 Å². The predicted molar refractivity (Wildman–Crippen MR) is 105 cm³/mol. The van der Waals surface area contributed by atoms with Crippen molar-refractivity contribution < 1.29 is 0 Å². The molecule has 0 aromatic rings. The van der Waals surface area contributed by atoms with Crippen LogP contribution in [0.3, 0.4) is 0 Å². The maximum Gasteiger partial charge on any atom is 0.0329 e. The van der Waals surface area contributed by atoms with Gasteiger partial charge in [0.15, 0.2) is 0 Å². The summed E-state index contributed by atoms with van der Waals surface area (Å²) in [7, 11) is 0. The average molecular weight is 349 g/mol. The monoisotopic (exact) mass is 348 g/mol. The molecule has 0 aromatic heterocycles. The number of piperidine rings is 1. The van der Waals surface area contributed by atoms with Crippen molar-refractivity contribution in [3.05, 3.63) is 0 Å². The molecule has 4 heteroatoms. The standard InChI is InChI=1S/C21H40N4/c1-19(2,3)25-12-17-8-9-21(14-25,23-17)13-20(4,5)24-10-15-6-7-16(11-24)18(15)22/h15-18,23H,6-14,22H2,1-5H3/t15-,16+,17?,18-,21?. The van der Waals surface area contributed by atoms with E-state index in [9.17, 15) is 0 Å². The van der Waals surface area contributed by atoms with Crippen LogP contribution < -0.4 is 11.1 Å². The maximum atomic E-state index is 6.45. The third-order valence-electron chi connectivity index (χ3n) is 7.90. The van der Waals surface area contributed by atoms with Crippen molar-refractivity contribution in [2.75, 3.05) is 26.2 Å². The molecular weight excluding hydrogens is 308 g/mol. The van der Waals surface area contributed by atoms with E-state index in [1.807, 2.05) is 0 Å². The fraction of sp³-hybridized carbons (Fsp3) is 1.00. The Labute approximate surface area is 154 Å². The summed E-state index contributed by atoms with van der Waals surface area (Å²) < 4.78 is 0. The van der Waals surface area contributed by atoms with Crippen molar-refractivity contribution in [3.8, 4) is 0 Å². The minimum atomic E-state index is 0.254. The van der Waals surface area contributed by atoms with Gasteiger partial charge >= 0.3 is 0 Å². The van der Waals surface area contributed by atoms with Crippen molar-refractivity contribution in [3.63, 3.8) is 0 Å². The molecule has 3 aliphatic heterocycles. The number of piperazine rings is 1. The molecule has 4 aliphatic rings. The summed E-state index contributed by atoms with van der Waals surface area (Å²) in [5, 5.41) is 4.05. The molecular formula is C21H40N4. The lowest BCUT2D eigenvalue weighted by molar-refractivity contribution is -0.000863. The highest BCUT2D eigenvalue weighted by molar-refractivity contribution is 5.11. The van der Waals surface area contributed by atoms with Gasteiger partial charge in [-0.15, -0.1) is 0 Å². The maximum absolute atomic E-state index is 6.45. The number of hydrogen-bond acceptors (Lipinski definition) is 4. The molecule has 4 nitrogen and oxygen atoms in total. The van der Waals surface area contributed by atoms with Gasteiger partial charge in [-0.25, -0.2) is 0 Å². The van der Waals surface area contributed by atoms with Crippen molar-refractivity contribution in [1.29, 1.82) is 0 Å². The smallest absolute Gasteiger partial charge is 0.0329 e. The van der Waals surface area contributed by atoms with Crippen LogP contribution in [-0.4, -0.2) is 64.7 Å². The van der Waals surface area contributed by atoms with Crippen molar-refractivity contribution in [2.24, 2.45) is 17.6 Å². The SMILES string of the molecule is CC(C)(C)N1CC2CCC(CC(C)(C)N3C[C@H]4CC[C@@H](C3)[C@@H]4N)(C1)N2. The molecule has 0 aromatic carbocycles. The number of likely N-dealkylation sites (tertiary alicyclic amines) is 2. The number of fused-ring (bicyclic) bond motifs is 4. The Kier molecular flexibility index (Phi) is 4.31. The molecule has 1 saturated carbocycles. The zero-order valence-electron chi connectivity index (χ0n) is 17.1. The third-order valence-corrected chi connectivity index (χ3v) is 7.90. The molecule has 4 fully saturated rings. The highest BCUT2D eigenvalue weighted by Gasteiger charge is 2.51. The molecule has 144 valence electrons. The van der Waals surface area contributed by atoms with Crippen LogP contribution in [0.4, 0.5) is 0 Å². The zero-order valence-corrected chi connectivity index (χ0v) is 17.1. The summed E-state index contributed by atoms with van der Waals surface area (Å²) in [6.07, 6.45) is 6.65. The summed E-state index contributed by atoms with van der Waals surface area (Å²) in [4.78, 5) is 5.52. The number of nitrogens with one attached hydrogen (secondary N) is 1. The summed E-state index contributed by atoms with van der Waals surface area (Å²) in [5.74, 6) is 1.47. The first-order chi connectivity index (χ1) is 11.6. The molecule has 25 heavy (non-hydrogen) atoms. The first-order valence-electron chi connectivity index (χ1n) is 10.6. The lowest BCUT2D eigenvalue weighted by atomic mass is 9.79. The number of hydrogen-bond donors (Lipinski definition) is 2. The molecule has 5 atom stereocenters. The molecule has 3 N–H and O–H groups in total. The first-order valence-corrected chi connectivity index (χ1v) is 10.6. The van der Waals surface area contributed by atoms with Gasteiger partial charge in [-0.3, -0.25) is 9.80 Å². The zero-order chi connectivity index (χ0) is 18.0. The minimum Gasteiger partial charge on any atom is -0.327 e. The summed E-state index contributed by atoms with van der Waals surface area (Å²) in [6.45, 7) is 17.0. The highest BCUT2D eigenvalue weighted by Crippen LogP contribution is 2.43. The van der Waals surface area contributed by atoms with E-state index < -0.39 is 0 Å². The topological polar surface area (TPSA) is 44.5 Å². The predicted octanol–water partition coefficient (Wildman–Crippen LogP) is 2.43. The van der Waals surface area contributed by atoms with Crippen LogP contribution in [0.5, 0.6) is 0 Å². The van der Waals surface area contributed by atoms with Crippen molar-refractivity contribution in [1.82, 2.24) is 15.1 Å². The van der Waals surface area contributed by atoms with E-state index in [1.165, 1.54) is 58.3 Å². The number of nitrogens with zero attached hydrogens (tertiary/aromatic N) is 2. The molecule has 0 radical (unpaired) electrons. The van der Waals surface area contributed by atoms with Gasteiger partial charge < -0.3 is 11.1 Å². The average Bonchev–Trinajstić information content (AvgIpc) is 2.88.